The minimum Gasteiger partial charge on any atom is -0.356 e. The van der Waals surface area contributed by atoms with Crippen LogP contribution < -0.4 is 4.90 Å². The van der Waals surface area contributed by atoms with Gasteiger partial charge in [-0.15, -0.1) is 0 Å². The van der Waals surface area contributed by atoms with E-state index in [2.05, 4.69) is 44.6 Å². The predicted octanol–water partition coefficient (Wildman–Crippen LogP) is 2.86. The molecule has 1 aliphatic heterocycles. The summed E-state index contributed by atoms with van der Waals surface area (Å²) in [5.41, 5.74) is 2.53. The van der Waals surface area contributed by atoms with E-state index in [0.717, 1.165) is 22.9 Å². The van der Waals surface area contributed by atoms with Crippen molar-refractivity contribution in [3.8, 4) is 0 Å². The molecule has 1 saturated heterocycles. The highest BCUT2D eigenvalue weighted by atomic mass is 79.9. The van der Waals surface area contributed by atoms with Crippen LogP contribution >= 0.6 is 15.9 Å². The minimum absolute atomic E-state index is 0.911. The molecule has 17 heavy (non-hydrogen) atoms. The van der Waals surface area contributed by atoms with Crippen molar-refractivity contribution in [2.45, 2.75) is 31.5 Å². The number of fused-ring (bicyclic) bond motifs is 1. The Kier molecular flexibility index (Phi) is 2.93. The zero-order valence-corrected chi connectivity index (χ0v) is 12.2. The third-order valence-electron chi connectivity index (χ3n) is 4.47. The fourth-order valence-corrected chi connectivity index (χ4v) is 4.31. The molecule has 0 bridgehead atoms. The highest BCUT2D eigenvalue weighted by molar-refractivity contribution is 9.08. The lowest BCUT2D eigenvalue weighted by atomic mass is 10.0. The Hall–Kier alpha value is -0.510. The van der Waals surface area contributed by atoms with Crippen LogP contribution in [0.4, 0.5) is 5.82 Å². The van der Waals surface area contributed by atoms with Gasteiger partial charge in [-0.25, -0.2) is 0 Å². The van der Waals surface area contributed by atoms with Crippen LogP contribution in [-0.2, 0) is 12.4 Å². The molecule has 0 spiro atoms. The van der Waals surface area contributed by atoms with Gasteiger partial charge in [-0.2, -0.15) is 5.10 Å². The molecule has 2 heterocycles. The molecule has 1 aromatic heterocycles. The van der Waals surface area contributed by atoms with Gasteiger partial charge < -0.3 is 4.90 Å². The van der Waals surface area contributed by atoms with E-state index in [4.69, 9.17) is 0 Å². The zero-order chi connectivity index (χ0) is 12.0. The minimum atomic E-state index is 0.911. The fraction of sp³-hybridized carbons (Fsp3) is 0.769. The second kappa shape index (κ2) is 4.30. The van der Waals surface area contributed by atoms with Crippen molar-refractivity contribution in [1.29, 1.82) is 0 Å². The first-order valence-corrected chi connectivity index (χ1v) is 7.66. The summed E-state index contributed by atoms with van der Waals surface area (Å²) in [5.74, 6) is 3.22. The molecule has 0 aromatic carbocycles. The molecule has 3 rings (SSSR count). The normalized spacial score (nSPS) is 27.8. The maximum absolute atomic E-state index is 4.57. The van der Waals surface area contributed by atoms with Gasteiger partial charge >= 0.3 is 0 Å². The number of alkyl halides is 1. The maximum Gasteiger partial charge on any atom is 0.130 e. The van der Waals surface area contributed by atoms with Gasteiger partial charge in [-0.1, -0.05) is 22.4 Å². The summed E-state index contributed by atoms with van der Waals surface area (Å²) in [7, 11) is 2.07. The van der Waals surface area contributed by atoms with Crippen molar-refractivity contribution < 1.29 is 0 Å². The average Bonchev–Trinajstić information content (AvgIpc) is 2.89. The molecule has 4 heteroatoms. The first-order valence-electron chi connectivity index (χ1n) is 6.54. The number of hydrogen-bond donors (Lipinski definition) is 0. The number of hydrogen-bond acceptors (Lipinski definition) is 2. The molecule has 0 amide bonds. The van der Waals surface area contributed by atoms with Crippen LogP contribution in [0.25, 0.3) is 0 Å². The van der Waals surface area contributed by atoms with E-state index in [1.807, 2.05) is 0 Å². The fourth-order valence-electron chi connectivity index (χ4n) is 3.65. The Morgan fingerprint density at radius 3 is 2.53 bits per heavy atom. The molecule has 1 aliphatic carbocycles. The lowest BCUT2D eigenvalue weighted by Gasteiger charge is -2.21. The number of aryl methyl sites for hydroxylation is 2. The van der Waals surface area contributed by atoms with E-state index in [0.29, 0.717) is 0 Å². The molecule has 2 unspecified atom stereocenters. The van der Waals surface area contributed by atoms with Crippen molar-refractivity contribution in [1.82, 2.24) is 9.78 Å². The summed E-state index contributed by atoms with van der Waals surface area (Å²) in [6.45, 7) is 4.59. The Labute approximate surface area is 111 Å². The molecular weight excluding hydrogens is 278 g/mol. The third kappa shape index (κ3) is 1.81. The SMILES string of the molecule is Cc1nn(C)c(N2CC3CCCC3C2)c1CBr. The van der Waals surface area contributed by atoms with Crippen molar-refractivity contribution in [3.63, 3.8) is 0 Å². The van der Waals surface area contributed by atoms with Crippen LogP contribution in [0.5, 0.6) is 0 Å². The lowest BCUT2D eigenvalue weighted by molar-refractivity contribution is 0.494. The molecule has 2 atom stereocenters. The largest absolute Gasteiger partial charge is 0.356 e. The zero-order valence-electron chi connectivity index (χ0n) is 10.6. The Bertz CT molecular complexity index is 415. The topological polar surface area (TPSA) is 21.1 Å². The molecule has 1 aromatic rings. The smallest absolute Gasteiger partial charge is 0.130 e. The number of anilines is 1. The second-order valence-corrected chi connectivity index (χ2v) is 6.06. The number of nitrogens with zero attached hydrogens (tertiary/aromatic N) is 3. The van der Waals surface area contributed by atoms with Gasteiger partial charge in [0.15, 0.2) is 0 Å². The van der Waals surface area contributed by atoms with E-state index in [1.165, 1.54) is 43.7 Å². The van der Waals surface area contributed by atoms with Gasteiger partial charge in [0.05, 0.1) is 5.69 Å². The summed E-state index contributed by atoms with van der Waals surface area (Å²) in [6, 6.07) is 0. The van der Waals surface area contributed by atoms with Crippen LogP contribution in [0, 0.1) is 18.8 Å². The quantitative estimate of drug-likeness (QED) is 0.783. The Balaban J connectivity index is 1.90. The van der Waals surface area contributed by atoms with E-state index < -0.39 is 0 Å². The monoisotopic (exact) mass is 297 g/mol. The van der Waals surface area contributed by atoms with Crippen LogP contribution in [0.15, 0.2) is 0 Å². The van der Waals surface area contributed by atoms with Gasteiger partial charge in [0.25, 0.3) is 0 Å². The summed E-state index contributed by atoms with van der Waals surface area (Å²) < 4.78 is 2.06. The average molecular weight is 298 g/mol. The summed E-state index contributed by atoms with van der Waals surface area (Å²) in [5, 5.41) is 5.48. The molecule has 0 radical (unpaired) electrons. The van der Waals surface area contributed by atoms with Crippen LogP contribution in [-0.4, -0.2) is 22.9 Å². The Morgan fingerprint density at radius 1 is 1.29 bits per heavy atom. The van der Waals surface area contributed by atoms with Crippen LogP contribution in [0.3, 0.4) is 0 Å². The van der Waals surface area contributed by atoms with E-state index in [9.17, 15) is 0 Å². The van der Waals surface area contributed by atoms with Gasteiger partial charge in [0, 0.05) is 31.0 Å². The van der Waals surface area contributed by atoms with E-state index in [1.54, 1.807) is 0 Å². The van der Waals surface area contributed by atoms with Gasteiger partial charge in [0.2, 0.25) is 0 Å². The van der Waals surface area contributed by atoms with E-state index in [-0.39, 0.29) is 0 Å². The summed E-state index contributed by atoms with van der Waals surface area (Å²) in [6.07, 6.45) is 4.31. The number of aromatic nitrogens is 2. The maximum atomic E-state index is 4.57. The van der Waals surface area contributed by atoms with Crippen LogP contribution in [0.1, 0.15) is 30.5 Å². The molecule has 3 nitrogen and oxygen atoms in total. The third-order valence-corrected chi connectivity index (χ3v) is 5.03. The number of halogens is 1. The first kappa shape index (κ1) is 11.6. The van der Waals surface area contributed by atoms with Crippen molar-refractivity contribution in [3.05, 3.63) is 11.3 Å². The van der Waals surface area contributed by atoms with Gasteiger partial charge in [-0.05, 0) is 31.6 Å². The lowest BCUT2D eigenvalue weighted by Crippen LogP contribution is -2.24. The van der Waals surface area contributed by atoms with Crippen molar-refractivity contribution >= 4 is 21.7 Å². The van der Waals surface area contributed by atoms with Gasteiger partial charge in [0.1, 0.15) is 5.82 Å². The molecule has 94 valence electrons. The molecular formula is C13H20BrN3. The molecule has 2 fully saturated rings. The summed E-state index contributed by atoms with van der Waals surface area (Å²) >= 11 is 3.60. The van der Waals surface area contributed by atoms with Crippen molar-refractivity contribution in [2.24, 2.45) is 18.9 Å². The van der Waals surface area contributed by atoms with E-state index >= 15 is 0 Å². The first-order chi connectivity index (χ1) is 8.20. The standard InChI is InChI=1S/C13H20BrN3/c1-9-12(6-14)13(16(2)15-9)17-7-10-4-3-5-11(10)8-17/h10-11H,3-8H2,1-2H3. The number of rotatable bonds is 2. The second-order valence-electron chi connectivity index (χ2n) is 5.50. The predicted molar refractivity (Wildman–Crippen MR) is 73.6 cm³/mol. The highest BCUT2D eigenvalue weighted by Crippen LogP contribution is 2.40. The van der Waals surface area contributed by atoms with Crippen molar-refractivity contribution in [2.75, 3.05) is 18.0 Å². The molecule has 0 N–H and O–H groups in total. The van der Waals surface area contributed by atoms with Crippen LogP contribution in [0.2, 0.25) is 0 Å². The van der Waals surface area contributed by atoms with Gasteiger partial charge in [-0.3, -0.25) is 4.68 Å². The highest BCUT2D eigenvalue weighted by Gasteiger charge is 2.37. The Morgan fingerprint density at radius 2 is 1.94 bits per heavy atom. The summed E-state index contributed by atoms with van der Waals surface area (Å²) in [4.78, 5) is 2.56. The molecule has 2 aliphatic rings. The molecule has 1 saturated carbocycles.